The number of halogens is 1. The summed E-state index contributed by atoms with van der Waals surface area (Å²) in [4.78, 5) is 29.7. The van der Waals surface area contributed by atoms with E-state index in [9.17, 15) is 14.7 Å². The van der Waals surface area contributed by atoms with Crippen LogP contribution in [0, 0.1) is 5.92 Å². The van der Waals surface area contributed by atoms with E-state index in [4.69, 9.17) is 25.8 Å². The van der Waals surface area contributed by atoms with Crippen LogP contribution in [0.2, 0.25) is 5.02 Å². The number of ether oxygens (including phenoxy) is 3. The minimum Gasteiger partial charge on any atom is -0.507 e. The van der Waals surface area contributed by atoms with E-state index in [-0.39, 0.29) is 11.3 Å². The van der Waals surface area contributed by atoms with E-state index in [1.807, 2.05) is 6.07 Å². The van der Waals surface area contributed by atoms with Crippen molar-refractivity contribution in [1.82, 2.24) is 4.90 Å². The minimum atomic E-state index is -0.765. The first-order valence-electron chi connectivity index (χ1n) is 13.6. The Morgan fingerprint density at radius 2 is 1.85 bits per heavy atom. The summed E-state index contributed by atoms with van der Waals surface area (Å²) in [7, 11) is 1.56. The summed E-state index contributed by atoms with van der Waals surface area (Å²) in [5, 5.41) is 11.8. The molecule has 2 N–H and O–H groups in total. The van der Waals surface area contributed by atoms with Crippen LogP contribution in [-0.4, -0.2) is 74.8 Å². The van der Waals surface area contributed by atoms with Gasteiger partial charge in [-0.2, -0.15) is 0 Å². The van der Waals surface area contributed by atoms with Gasteiger partial charge in [-0.1, -0.05) is 31.5 Å². The minimum absolute atomic E-state index is 0.0524. The Bertz CT molecular complexity index is 1190. The molecule has 1 unspecified atom stereocenters. The lowest BCUT2D eigenvalue weighted by Gasteiger charge is -2.28. The predicted octanol–water partition coefficient (Wildman–Crippen LogP) is 3.50. The number of morpholine rings is 1. The number of quaternary nitrogens is 1. The number of Topliss-reactive ketones (excluding diaryl/α,β-unsaturated/α-hetero) is 1. The van der Waals surface area contributed by atoms with Crippen LogP contribution in [-0.2, 0) is 14.3 Å². The monoisotopic (exact) mass is 557 g/mol. The number of nitrogens with zero attached hydrogens (tertiary/aromatic N) is 1. The molecule has 0 bridgehead atoms. The molecule has 8 nitrogen and oxygen atoms in total. The molecule has 1 amide bonds. The van der Waals surface area contributed by atoms with E-state index in [1.54, 1.807) is 48.4 Å². The van der Waals surface area contributed by atoms with Crippen LogP contribution in [0.15, 0.2) is 48.0 Å². The zero-order chi connectivity index (χ0) is 27.9. The highest BCUT2D eigenvalue weighted by molar-refractivity contribution is 6.46. The van der Waals surface area contributed by atoms with Crippen molar-refractivity contribution in [3.8, 4) is 11.5 Å². The number of hydrogen-bond donors (Lipinski definition) is 2. The SMILES string of the molecule is COc1cc(C2C(=C(O)c3ccc(Cl)cc3)C(=O)C(=O)N2CCC[NH+]2CCOCC2)ccc1OCCC(C)C. The standard InChI is InChI=1S/C30H37ClN2O6/c1-20(2)11-16-39-24-10-7-22(19-25(24)37-3)27-26(28(34)21-5-8-23(31)9-6-21)29(35)30(36)33(27)13-4-12-32-14-17-38-18-15-32/h5-10,19-20,27,34H,4,11-18H2,1-3H3/p+1. The number of amides is 1. The average Bonchev–Trinajstić information content (AvgIpc) is 3.18. The molecule has 0 aromatic heterocycles. The predicted molar refractivity (Wildman–Crippen MR) is 149 cm³/mol. The van der Waals surface area contributed by atoms with Crippen LogP contribution in [0.1, 0.15) is 43.9 Å². The smallest absolute Gasteiger partial charge is 0.295 e. The van der Waals surface area contributed by atoms with Crippen molar-refractivity contribution in [3.05, 3.63) is 64.2 Å². The van der Waals surface area contributed by atoms with Crippen LogP contribution in [0.5, 0.6) is 11.5 Å². The van der Waals surface area contributed by atoms with Gasteiger partial charge < -0.3 is 29.1 Å². The Kier molecular flexibility index (Phi) is 9.88. The fourth-order valence-electron chi connectivity index (χ4n) is 5.01. The number of benzene rings is 2. The second-order valence-corrected chi connectivity index (χ2v) is 10.8. The van der Waals surface area contributed by atoms with Gasteiger partial charge in [0.1, 0.15) is 18.8 Å². The van der Waals surface area contributed by atoms with Gasteiger partial charge in [0.2, 0.25) is 0 Å². The fourth-order valence-corrected chi connectivity index (χ4v) is 5.13. The molecule has 4 rings (SSSR count). The second-order valence-electron chi connectivity index (χ2n) is 10.4. The molecule has 0 radical (unpaired) electrons. The highest BCUT2D eigenvalue weighted by Crippen LogP contribution is 2.42. The van der Waals surface area contributed by atoms with E-state index in [0.717, 1.165) is 39.3 Å². The number of rotatable bonds is 11. The lowest BCUT2D eigenvalue weighted by molar-refractivity contribution is -0.908. The van der Waals surface area contributed by atoms with Crippen molar-refractivity contribution in [2.45, 2.75) is 32.7 Å². The van der Waals surface area contributed by atoms with Crippen LogP contribution < -0.4 is 14.4 Å². The summed E-state index contributed by atoms with van der Waals surface area (Å²) in [5.41, 5.74) is 1.13. The van der Waals surface area contributed by atoms with Crippen LogP contribution in [0.3, 0.4) is 0 Å². The van der Waals surface area contributed by atoms with Crippen molar-refractivity contribution < 1.29 is 33.8 Å². The normalized spacial score (nSPS) is 19.6. The zero-order valence-electron chi connectivity index (χ0n) is 22.9. The molecule has 1 atom stereocenters. The zero-order valence-corrected chi connectivity index (χ0v) is 23.6. The number of methoxy groups -OCH3 is 1. The molecule has 2 aliphatic heterocycles. The summed E-state index contributed by atoms with van der Waals surface area (Å²) in [6.07, 6.45) is 1.62. The summed E-state index contributed by atoms with van der Waals surface area (Å²) in [5.74, 6) is 0.0411. The van der Waals surface area contributed by atoms with Crippen molar-refractivity contribution in [2.75, 3.05) is 53.1 Å². The molecule has 39 heavy (non-hydrogen) atoms. The van der Waals surface area contributed by atoms with E-state index in [1.165, 1.54) is 4.90 Å². The number of ketones is 1. The van der Waals surface area contributed by atoms with Gasteiger partial charge in [-0.05, 0) is 54.3 Å². The maximum Gasteiger partial charge on any atom is 0.295 e. The Balaban J connectivity index is 1.68. The van der Waals surface area contributed by atoms with Gasteiger partial charge in [0, 0.05) is 23.6 Å². The molecule has 2 fully saturated rings. The number of nitrogens with one attached hydrogen (secondary N) is 1. The quantitative estimate of drug-likeness (QED) is 0.250. The number of likely N-dealkylation sites (tertiary alicyclic amines) is 1. The number of aliphatic hydroxyl groups excluding tert-OH is 1. The largest absolute Gasteiger partial charge is 0.507 e. The number of hydrogen-bond acceptors (Lipinski definition) is 6. The van der Waals surface area contributed by atoms with Crippen LogP contribution in [0.25, 0.3) is 5.76 Å². The lowest BCUT2D eigenvalue weighted by atomic mass is 9.95. The maximum atomic E-state index is 13.4. The van der Waals surface area contributed by atoms with Crippen molar-refractivity contribution in [1.29, 1.82) is 0 Å². The Hall–Kier alpha value is -3.07. The molecule has 0 spiro atoms. The van der Waals surface area contributed by atoms with Gasteiger partial charge in [0.25, 0.3) is 11.7 Å². The fraction of sp³-hybridized carbons (Fsp3) is 0.467. The van der Waals surface area contributed by atoms with E-state index >= 15 is 0 Å². The van der Waals surface area contributed by atoms with Gasteiger partial charge in [0.15, 0.2) is 11.5 Å². The number of carbonyl (C=O) groups is 2. The topological polar surface area (TPSA) is 89.7 Å². The van der Waals surface area contributed by atoms with E-state index in [2.05, 4.69) is 13.8 Å². The molecule has 0 aliphatic carbocycles. The summed E-state index contributed by atoms with van der Waals surface area (Å²) < 4.78 is 17.0. The third kappa shape index (κ3) is 6.93. The molecule has 2 heterocycles. The third-order valence-corrected chi connectivity index (χ3v) is 7.50. The summed E-state index contributed by atoms with van der Waals surface area (Å²) in [6, 6.07) is 11.2. The average molecular weight is 558 g/mol. The lowest BCUT2D eigenvalue weighted by Crippen LogP contribution is -3.14. The molecule has 2 aromatic carbocycles. The first-order valence-corrected chi connectivity index (χ1v) is 13.9. The molecule has 2 aliphatic rings. The molecular formula is C30H38ClN2O6+. The van der Waals surface area contributed by atoms with Gasteiger partial charge in [-0.3, -0.25) is 9.59 Å². The molecule has 9 heteroatoms. The number of carbonyl (C=O) groups excluding carboxylic acids is 2. The third-order valence-electron chi connectivity index (χ3n) is 7.24. The van der Waals surface area contributed by atoms with E-state index in [0.29, 0.717) is 53.1 Å². The molecule has 0 saturated carbocycles. The van der Waals surface area contributed by atoms with Gasteiger partial charge in [-0.15, -0.1) is 0 Å². The van der Waals surface area contributed by atoms with E-state index < -0.39 is 17.7 Å². The maximum absolute atomic E-state index is 13.4. The molecular weight excluding hydrogens is 520 g/mol. The first-order chi connectivity index (χ1) is 18.8. The summed E-state index contributed by atoms with van der Waals surface area (Å²) in [6.45, 7) is 9.36. The van der Waals surface area contributed by atoms with Gasteiger partial charge in [-0.25, -0.2) is 0 Å². The Morgan fingerprint density at radius 3 is 2.51 bits per heavy atom. The Morgan fingerprint density at radius 1 is 1.13 bits per heavy atom. The summed E-state index contributed by atoms with van der Waals surface area (Å²) >= 11 is 6.04. The Labute approximate surface area is 235 Å². The molecule has 2 aromatic rings. The van der Waals surface area contributed by atoms with Crippen LogP contribution in [0.4, 0.5) is 0 Å². The van der Waals surface area contributed by atoms with Crippen LogP contribution >= 0.6 is 11.6 Å². The van der Waals surface area contributed by atoms with Crippen molar-refractivity contribution in [3.63, 3.8) is 0 Å². The molecule has 2 saturated heterocycles. The molecule has 210 valence electrons. The van der Waals surface area contributed by atoms with Gasteiger partial charge >= 0.3 is 0 Å². The van der Waals surface area contributed by atoms with Gasteiger partial charge in [0.05, 0.1) is 45.1 Å². The van der Waals surface area contributed by atoms with Crippen molar-refractivity contribution >= 4 is 29.1 Å². The number of aliphatic hydroxyl groups is 1. The highest BCUT2D eigenvalue weighted by Gasteiger charge is 2.46. The first kappa shape index (κ1) is 28.9. The highest BCUT2D eigenvalue weighted by atomic mass is 35.5. The van der Waals surface area contributed by atoms with Crippen molar-refractivity contribution in [2.24, 2.45) is 5.92 Å². The second kappa shape index (κ2) is 13.3.